The number of rotatable bonds is 2. The molecule has 0 N–H and O–H groups in total. The number of nitrogens with zero attached hydrogens (tertiary/aromatic N) is 1. The molecule has 1 unspecified atom stereocenters. The summed E-state index contributed by atoms with van der Waals surface area (Å²) in [6, 6.07) is 16.4. The van der Waals surface area contributed by atoms with Crippen molar-refractivity contribution in [1.29, 1.82) is 0 Å². The lowest BCUT2D eigenvalue weighted by Gasteiger charge is -2.29. The number of methoxy groups -OCH3 is 1. The molecule has 1 heterocycles. The van der Waals surface area contributed by atoms with Gasteiger partial charge in [0.1, 0.15) is 5.75 Å². The summed E-state index contributed by atoms with van der Waals surface area (Å²) in [4.78, 5) is 15.4. The Balaban J connectivity index is 1.71. The van der Waals surface area contributed by atoms with Gasteiger partial charge in [0.2, 0.25) is 0 Å². The fraction of sp³-hybridized carbons (Fsp3) is 0.174. The van der Waals surface area contributed by atoms with Gasteiger partial charge in [-0.1, -0.05) is 42.5 Å². The van der Waals surface area contributed by atoms with Crippen molar-refractivity contribution in [3.63, 3.8) is 0 Å². The molecule has 3 nitrogen and oxygen atoms in total. The molecule has 0 fully saturated rings. The van der Waals surface area contributed by atoms with Gasteiger partial charge in [0.15, 0.2) is 5.78 Å². The van der Waals surface area contributed by atoms with Crippen LogP contribution in [0.2, 0.25) is 0 Å². The molecule has 3 aromatic carbocycles. The second-order valence-corrected chi connectivity index (χ2v) is 6.99. The van der Waals surface area contributed by atoms with E-state index in [2.05, 4.69) is 54.4 Å². The first-order chi connectivity index (χ1) is 12.7. The molecular formula is C23H19NO2. The highest BCUT2D eigenvalue weighted by Crippen LogP contribution is 2.44. The van der Waals surface area contributed by atoms with Crippen LogP contribution in [0, 0.1) is 0 Å². The average molecular weight is 341 g/mol. The first-order valence-corrected chi connectivity index (χ1v) is 8.85. The van der Waals surface area contributed by atoms with Gasteiger partial charge in [-0.15, -0.1) is 0 Å². The molecule has 1 atom stereocenters. The Bertz CT molecular complexity index is 1070. The monoisotopic (exact) mass is 341 g/mol. The largest absolute Gasteiger partial charge is 0.497 e. The van der Waals surface area contributed by atoms with Gasteiger partial charge >= 0.3 is 0 Å². The van der Waals surface area contributed by atoms with E-state index in [9.17, 15) is 4.79 Å². The van der Waals surface area contributed by atoms with E-state index in [-0.39, 0.29) is 11.8 Å². The Labute approximate surface area is 152 Å². The second-order valence-electron chi connectivity index (χ2n) is 6.99. The molecule has 128 valence electrons. The number of carbonyl (C=O) groups is 1. The third-order valence-electron chi connectivity index (χ3n) is 5.67. The van der Waals surface area contributed by atoms with Crippen molar-refractivity contribution in [2.24, 2.45) is 0 Å². The Kier molecular flexibility index (Phi) is 3.20. The molecule has 0 aromatic heterocycles. The number of anilines is 1. The standard InChI is InChI=1S/C23H19NO2/c1-24-19-12-8-16-4-3-15-7-11-18(23(19)22(15)16)21(25)13-20(24)14-5-9-17(26-2)10-6-14/h3-12,20H,13H2,1-2H3. The third-order valence-corrected chi connectivity index (χ3v) is 5.67. The van der Waals surface area contributed by atoms with Gasteiger partial charge in [0, 0.05) is 30.1 Å². The van der Waals surface area contributed by atoms with E-state index < -0.39 is 0 Å². The molecule has 0 saturated carbocycles. The number of carbonyl (C=O) groups excluding carboxylic acids is 1. The van der Waals surface area contributed by atoms with E-state index in [0.29, 0.717) is 6.42 Å². The fourth-order valence-electron chi connectivity index (χ4n) is 4.27. The maximum atomic E-state index is 13.1. The van der Waals surface area contributed by atoms with Crippen LogP contribution >= 0.6 is 0 Å². The molecule has 1 aliphatic carbocycles. The molecular weight excluding hydrogens is 322 g/mol. The lowest BCUT2D eigenvalue weighted by molar-refractivity contribution is 0.0976. The van der Waals surface area contributed by atoms with Crippen LogP contribution in [0.5, 0.6) is 5.75 Å². The molecule has 0 spiro atoms. The van der Waals surface area contributed by atoms with Gasteiger partial charge in [0.05, 0.1) is 13.2 Å². The summed E-state index contributed by atoms with van der Waals surface area (Å²) in [5, 5.41) is 2.30. The number of hydrogen-bond donors (Lipinski definition) is 0. The van der Waals surface area contributed by atoms with Crippen molar-refractivity contribution in [2.45, 2.75) is 12.5 Å². The lowest BCUT2D eigenvalue weighted by atomic mass is 9.94. The number of hydrogen-bond acceptors (Lipinski definition) is 3. The van der Waals surface area contributed by atoms with E-state index >= 15 is 0 Å². The highest BCUT2D eigenvalue weighted by molar-refractivity contribution is 6.19. The van der Waals surface area contributed by atoms with Crippen LogP contribution in [-0.4, -0.2) is 19.9 Å². The van der Waals surface area contributed by atoms with E-state index in [0.717, 1.165) is 28.0 Å². The number of ketones is 1. The van der Waals surface area contributed by atoms with E-state index in [4.69, 9.17) is 4.74 Å². The molecule has 0 saturated heterocycles. The van der Waals surface area contributed by atoms with Crippen LogP contribution < -0.4 is 9.64 Å². The lowest BCUT2D eigenvalue weighted by Crippen LogP contribution is -2.24. The van der Waals surface area contributed by atoms with Gasteiger partial charge in [-0.2, -0.15) is 0 Å². The number of ether oxygens (including phenoxy) is 1. The van der Waals surface area contributed by atoms with E-state index in [1.54, 1.807) is 7.11 Å². The zero-order chi connectivity index (χ0) is 17.8. The molecule has 0 radical (unpaired) electrons. The molecule has 3 aromatic rings. The zero-order valence-corrected chi connectivity index (χ0v) is 14.8. The molecule has 5 rings (SSSR count). The summed E-state index contributed by atoms with van der Waals surface area (Å²) in [6.07, 6.45) is 4.73. The summed E-state index contributed by atoms with van der Waals surface area (Å²) < 4.78 is 5.27. The average Bonchev–Trinajstić information content (AvgIpc) is 3.06. The van der Waals surface area contributed by atoms with Gasteiger partial charge in [-0.05, 0) is 40.3 Å². The third kappa shape index (κ3) is 2.03. The smallest absolute Gasteiger partial charge is 0.165 e. The van der Waals surface area contributed by atoms with Crippen LogP contribution in [0.3, 0.4) is 0 Å². The van der Waals surface area contributed by atoms with Gasteiger partial charge in [-0.3, -0.25) is 4.79 Å². The first kappa shape index (κ1) is 15.2. The maximum absolute atomic E-state index is 13.1. The Hall–Kier alpha value is -3.07. The van der Waals surface area contributed by atoms with Crippen molar-refractivity contribution in [3.8, 4) is 5.75 Å². The SMILES string of the molecule is COc1ccc(C2CC(=O)c3ccc4c5c(ccc(c35)N2C)C=C4)cc1. The Morgan fingerprint density at radius 1 is 0.923 bits per heavy atom. The van der Waals surface area contributed by atoms with Gasteiger partial charge in [-0.25, -0.2) is 0 Å². The predicted molar refractivity (Wildman–Crippen MR) is 106 cm³/mol. The minimum absolute atomic E-state index is 0.00650. The maximum Gasteiger partial charge on any atom is 0.165 e. The van der Waals surface area contributed by atoms with Crippen molar-refractivity contribution < 1.29 is 9.53 Å². The normalized spacial score (nSPS) is 17.7. The minimum atomic E-state index is 0.00650. The van der Waals surface area contributed by atoms with Crippen LogP contribution in [-0.2, 0) is 0 Å². The van der Waals surface area contributed by atoms with Crippen LogP contribution in [0.4, 0.5) is 5.69 Å². The Morgan fingerprint density at radius 2 is 1.62 bits per heavy atom. The summed E-state index contributed by atoms with van der Waals surface area (Å²) in [6.45, 7) is 0. The minimum Gasteiger partial charge on any atom is -0.497 e. The molecule has 0 amide bonds. The predicted octanol–water partition coefficient (Wildman–Crippen LogP) is 5.10. The van der Waals surface area contributed by atoms with Crippen molar-refractivity contribution in [2.75, 3.05) is 19.1 Å². The molecule has 2 aliphatic rings. The van der Waals surface area contributed by atoms with Crippen LogP contribution in [0.1, 0.15) is 39.5 Å². The summed E-state index contributed by atoms with van der Waals surface area (Å²) in [7, 11) is 3.75. The quantitative estimate of drug-likeness (QED) is 0.508. The summed E-state index contributed by atoms with van der Waals surface area (Å²) in [5.74, 6) is 1.03. The summed E-state index contributed by atoms with van der Waals surface area (Å²) >= 11 is 0. The number of Topliss-reactive ketones (excluding diaryl/α,β-unsaturated/α-hetero) is 1. The highest BCUT2D eigenvalue weighted by atomic mass is 16.5. The molecule has 1 aliphatic heterocycles. The van der Waals surface area contributed by atoms with E-state index in [1.165, 1.54) is 16.5 Å². The molecule has 3 heteroatoms. The Morgan fingerprint density at radius 3 is 2.31 bits per heavy atom. The van der Waals surface area contributed by atoms with E-state index in [1.807, 2.05) is 18.2 Å². The second kappa shape index (κ2) is 5.46. The molecule has 26 heavy (non-hydrogen) atoms. The highest BCUT2D eigenvalue weighted by Gasteiger charge is 2.30. The van der Waals surface area contributed by atoms with Crippen LogP contribution in [0.15, 0.2) is 48.5 Å². The topological polar surface area (TPSA) is 29.5 Å². The van der Waals surface area contributed by atoms with Crippen molar-refractivity contribution in [1.82, 2.24) is 0 Å². The van der Waals surface area contributed by atoms with Gasteiger partial charge < -0.3 is 9.64 Å². The van der Waals surface area contributed by atoms with Crippen LogP contribution in [0.25, 0.3) is 22.9 Å². The summed E-state index contributed by atoms with van der Waals surface area (Å²) in [5.41, 5.74) is 5.48. The number of benzene rings is 3. The fourth-order valence-corrected chi connectivity index (χ4v) is 4.27. The molecule has 0 bridgehead atoms. The van der Waals surface area contributed by atoms with Crippen molar-refractivity contribution >= 4 is 34.4 Å². The zero-order valence-electron chi connectivity index (χ0n) is 14.8. The van der Waals surface area contributed by atoms with Gasteiger partial charge in [0.25, 0.3) is 0 Å². The first-order valence-electron chi connectivity index (χ1n) is 8.85. The van der Waals surface area contributed by atoms with Crippen molar-refractivity contribution in [3.05, 3.63) is 70.8 Å².